The van der Waals surface area contributed by atoms with Gasteiger partial charge in [0, 0.05) is 18.9 Å². The smallest absolute Gasteiger partial charge is 0.407 e. The highest BCUT2D eigenvalue weighted by Crippen LogP contribution is 2.44. The van der Waals surface area contributed by atoms with E-state index in [1.165, 1.54) is 0 Å². The van der Waals surface area contributed by atoms with Crippen LogP contribution in [0.1, 0.15) is 55.6 Å². The average molecular weight is 499 g/mol. The molecule has 0 saturated carbocycles. The first-order valence-corrected chi connectivity index (χ1v) is 13.5. The highest BCUT2D eigenvalue weighted by molar-refractivity contribution is 7.98. The molecule has 0 heterocycles. The lowest BCUT2D eigenvalue weighted by Crippen LogP contribution is -2.47. The van der Waals surface area contributed by atoms with Gasteiger partial charge in [0.2, 0.25) is 5.91 Å². The molecule has 7 nitrogen and oxygen atoms in total. The van der Waals surface area contributed by atoms with Crippen molar-refractivity contribution in [1.29, 1.82) is 0 Å². The van der Waals surface area contributed by atoms with Crippen LogP contribution in [0.2, 0.25) is 0 Å². The monoisotopic (exact) mass is 498 g/mol. The number of unbranched alkanes of at least 4 members (excludes halogenated alkanes) is 3. The maximum absolute atomic E-state index is 12.7. The van der Waals surface area contributed by atoms with E-state index in [0.29, 0.717) is 19.4 Å². The minimum absolute atomic E-state index is 0.0345. The van der Waals surface area contributed by atoms with Gasteiger partial charge in [-0.2, -0.15) is 11.8 Å². The summed E-state index contributed by atoms with van der Waals surface area (Å²) >= 11 is 1.61. The molecular formula is C27H34N2O5S. The summed E-state index contributed by atoms with van der Waals surface area (Å²) in [5, 5.41) is 14.3. The number of fused-ring (bicyclic) bond motifs is 3. The molecule has 2 aromatic rings. The Morgan fingerprint density at radius 3 is 2.23 bits per heavy atom. The van der Waals surface area contributed by atoms with Crippen LogP contribution in [0, 0.1) is 0 Å². The van der Waals surface area contributed by atoms with Crippen molar-refractivity contribution in [1.82, 2.24) is 10.6 Å². The number of carboxylic acid groups (broad SMARTS) is 1. The summed E-state index contributed by atoms with van der Waals surface area (Å²) < 4.78 is 5.60. The van der Waals surface area contributed by atoms with Gasteiger partial charge >= 0.3 is 12.1 Å². The lowest BCUT2D eigenvalue weighted by Gasteiger charge is -2.19. The normalized spacial score (nSPS) is 12.9. The predicted molar refractivity (Wildman–Crippen MR) is 139 cm³/mol. The lowest BCUT2D eigenvalue weighted by atomic mass is 9.98. The first-order chi connectivity index (χ1) is 17.0. The zero-order valence-electron chi connectivity index (χ0n) is 20.1. The number of nitrogens with one attached hydrogen (secondary N) is 2. The average Bonchev–Trinajstić information content (AvgIpc) is 3.18. The first kappa shape index (κ1) is 26.6. The zero-order chi connectivity index (χ0) is 25.0. The number of thioether (sulfide) groups is 1. The Kier molecular flexibility index (Phi) is 10.5. The third-order valence-corrected chi connectivity index (χ3v) is 6.82. The van der Waals surface area contributed by atoms with Gasteiger partial charge in [0.15, 0.2) is 0 Å². The van der Waals surface area contributed by atoms with Crippen molar-refractivity contribution in [3.63, 3.8) is 0 Å². The number of carbonyl (C=O) groups excluding carboxylic acids is 2. The summed E-state index contributed by atoms with van der Waals surface area (Å²) in [6, 6.07) is 15.7. The van der Waals surface area contributed by atoms with Crippen LogP contribution in [0.3, 0.4) is 0 Å². The molecule has 0 unspecified atom stereocenters. The van der Waals surface area contributed by atoms with Gasteiger partial charge in [0.1, 0.15) is 12.6 Å². The molecule has 0 bridgehead atoms. The first-order valence-electron chi connectivity index (χ1n) is 12.1. The number of amides is 2. The van der Waals surface area contributed by atoms with Crippen molar-refractivity contribution < 1.29 is 24.2 Å². The van der Waals surface area contributed by atoms with Gasteiger partial charge in [-0.1, -0.05) is 61.4 Å². The standard InChI is InChI=1S/C27H34N2O5S/c1-35-17-15-24(26(32)28-16-9-3-2-4-14-25(30)31)29-27(33)34-18-23-21-12-7-5-10-19(21)20-11-6-8-13-22(20)23/h5-8,10-13,23-24H,2-4,9,14-18H2,1H3,(H,28,32)(H,29,33)(H,30,31)/t24-/m0/s1. The Hall–Kier alpha value is -3.00. The maximum Gasteiger partial charge on any atom is 0.407 e. The lowest BCUT2D eigenvalue weighted by molar-refractivity contribution is -0.137. The van der Waals surface area contributed by atoms with Gasteiger partial charge in [0.25, 0.3) is 0 Å². The number of hydrogen-bond donors (Lipinski definition) is 3. The number of ether oxygens (including phenoxy) is 1. The second-order valence-corrected chi connectivity index (χ2v) is 9.64. The summed E-state index contributed by atoms with van der Waals surface area (Å²) in [4.78, 5) is 35.9. The fourth-order valence-electron chi connectivity index (χ4n) is 4.38. The summed E-state index contributed by atoms with van der Waals surface area (Å²) in [7, 11) is 0. The SMILES string of the molecule is CSCC[C@H](NC(=O)OCC1c2ccccc2-c2ccccc21)C(=O)NCCCCCCC(=O)O. The summed E-state index contributed by atoms with van der Waals surface area (Å²) in [6.45, 7) is 0.696. The Bertz CT molecular complexity index is 967. The fraction of sp³-hybridized carbons (Fsp3) is 0.444. The number of rotatable bonds is 14. The number of alkyl carbamates (subject to hydrolysis) is 1. The highest BCUT2D eigenvalue weighted by atomic mass is 32.2. The minimum Gasteiger partial charge on any atom is -0.481 e. The summed E-state index contributed by atoms with van der Waals surface area (Å²) in [5.41, 5.74) is 4.61. The predicted octanol–water partition coefficient (Wildman–Crippen LogP) is 4.80. The molecule has 1 aliphatic rings. The molecule has 8 heteroatoms. The van der Waals surface area contributed by atoms with Crippen LogP contribution in [-0.2, 0) is 14.3 Å². The largest absolute Gasteiger partial charge is 0.481 e. The molecule has 0 aromatic heterocycles. The van der Waals surface area contributed by atoms with E-state index >= 15 is 0 Å². The van der Waals surface area contributed by atoms with Crippen molar-refractivity contribution in [3.8, 4) is 11.1 Å². The Labute approximate surface area is 211 Å². The molecule has 1 atom stereocenters. The molecule has 2 amide bonds. The fourth-order valence-corrected chi connectivity index (χ4v) is 4.85. The second kappa shape index (κ2) is 13.8. The maximum atomic E-state index is 12.7. The third-order valence-electron chi connectivity index (χ3n) is 6.18. The van der Waals surface area contributed by atoms with E-state index in [1.807, 2.05) is 30.5 Å². The van der Waals surface area contributed by atoms with Gasteiger partial charge < -0.3 is 20.5 Å². The van der Waals surface area contributed by atoms with Crippen LogP contribution < -0.4 is 10.6 Å². The number of carbonyl (C=O) groups is 3. The number of aliphatic carboxylic acids is 1. The van der Waals surface area contributed by atoms with Gasteiger partial charge in [-0.05, 0) is 53.5 Å². The van der Waals surface area contributed by atoms with E-state index in [1.54, 1.807) is 11.8 Å². The molecule has 0 fully saturated rings. The van der Waals surface area contributed by atoms with Gasteiger partial charge in [-0.3, -0.25) is 9.59 Å². The van der Waals surface area contributed by atoms with E-state index in [2.05, 4.69) is 34.9 Å². The molecule has 0 saturated heterocycles. The van der Waals surface area contributed by atoms with Crippen molar-refractivity contribution in [2.45, 2.75) is 50.5 Å². The molecule has 1 aliphatic carbocycles. The minimum atomic E-state index is -0.783. The number of benzene rings is 2. The van der Waals surface area contributed by atoms with Crippen LogP contribution in [0.25, 0.3) is 11.1 Å². The molecule has 3 rings (SSSR count). The van der Waals surface area contributed by atoms with E-state index in [4.69, 9.17) is 9.84 Å². The van der Waals surface area contributed by atoms with Crippen LogP contribution in [0.5, 0.6) is 0 Å². The Morgan fingerprint density at radius 1 is 0.971 bits per heavy atom. The molecular weight excluding hydrogens is 464 g/mol. The Morgan fingerprint density at radius 2 is 1.60 bits per heavy atom. The van der Waals surface area contributed by atoms with Crippen LogP contribution in [0.15, 0.2) is 48.5 Å². The summed E-state index contributed by atoms with van der Waals surface area (Å²) in [5.74, 6) is -0.309. The highest BCUT2D eigenvalue weighted by Gasteiger charge is 2.29. The number of carboxylic acids is 1. The molecule has 35 heavy (non-hydrogen) atoms. The number of hydrogen-bond acceptors (Lipinski definition) is 5. The van der Waals surface area contributed by atoms with E-state index in [-0.39, 0.29) is 24.9 Å². The molecule has 0 aliphatic heterocycles. The van der Waals surface area contributed by atoms with Crippen molar-refractivity contribution >= 4 is 29.7 Å². The van der Waals surface area contributed by atoms with Crippen LogP contribution in [0.4, 0.5) is 4.79 Å². The molecule has 3 N–H and O–H groups in total. The van der Waals surface area contributed by atoms with E-state index in [9.17, 15) is 14.4 Å². The van der Waals surface area contributed by atoms with Crippen molar-refractivity contribution in [2.75, 3.05) is 25.2 Å². The van der Waals surface area contributed by atoms with Crippen molar-refractivity contribution in [2.24, 2.45) is 0 Å². The third kappa shape index (κ3) is 7.75. The molecule has 0 spiro atoms. The topological polar surface area (TPSA) is 105 Å². The molecule has 0 radical (unpaired) electrons. The van der Waals surface area contributed by atoms with Crippen LogP contribution >= 0.6 is 11.8 Å². The zero-order valence-corrected chi connectivity index (χ0v) is 20.9. The molecule has 2 aromatic carbocycles. The molecule has 188 valence electrons. The Balaban J connectivity index is 1.49. The van der Waals surface area contributed by atoms with Crippen LogP contribution in [-0.4, -0.2) is 54.3 Å². The summed E-state index contributed by atoms with van der Waals surface area (Å²) in [6.07, 6.45) is 5.12. The second-order valence-electron chi connectivity index (χ2n) is 8.65. The van der Waals surface area contributed by atoms with Gasteiger partial charge in [0.05, 0.1) is 0 Å². The van der Waals surface area contributed by atoms with Gasteiger partial charge in [-0.15, -0.1) is 0 Å². The quantitative estimate of drug-likeness (QED) is 0.323. The van der Waals surface area contributed by atoms with Gasteiger partial charge in [-0.25, -0.2) is 4.79 Å². The van der Waals surface area contributed by atoms with E-state index in [0.717, 1.165) is 47.3 Å². The van der Waals surface area contributed by atoms with E-state index < -0.39 is 18.1 Å². The van der Waals surface area contributed by atoms with Crippen molar-refractivity contribution in [3.05, 3.63) is 59.7 Å².